The van der Waals surface area contributed by atoms with Gasteiger partial charge in [-0.1, -0.05) is 6.07 Å². The van der Waals surface area contributed by atoms with Gasteiger partial charge in [-0.05, 0) is 28.7 Å². The summed E-state index contributed by atoms with van der Waals surface area (Å²) < 4.78 is 13.4. The second kappa shape index (κ2) is 3.83. The van der Waals surface area contributed by atoms with Crippen LogP contribution in [-0.2, 0) is 6.61 Å². The number of aliphatic hydroxyl groups is 1. The third kappa shape index (κ3) is 1.57. The van der Waals surface area contributed by atoms with E-state index in [1.165, 1.54) is 12.1 Å². The Bertz CT molecular complexity index is 346. The molecule has 0 saturated carbocycles. The Hall–Kier alpha value is -0.670. The normalized spacial score (nSPS) is 9.50. The van der Waals surface area contributed by atoms with Crippen LogP contribution in [0.25, 0.3) is 0 Å². The average Bonchev–Trinajstić information content (AvgIpc) is 2.10. The van der Waals surface area contributed by atoms with Crippen LogP contribution in [0.1, 0.15) is 11.1 Å². The Kier molecular flexibility index (Phi) is 3.00. The summed E-state index contributed by atoms with van der Waals surface area (Å²) in [4.78, 5) is 0. The molecule has 1 N–H and O–H groups in total. The van der Waals surface area contributed by atoms with Crippen molar-refractivity contribution in [2.45, 2.75) is 6.61 Å². The quantitative estimate of drug-likeness (QED) is 0.795. The molecule has 0 unspecified atom stereocenters. The number of nitriles is 1. The molecule has 0 atom stereocenters. The molecule has 0 aliphatic carbocycles. The van der Waals surface area contributed by atoms with E-state index in [0.717, 1.165) is 0 Å². The van der Waals surface area contributed by atoms with Crippen molar-refractivity contribution in [2.75, 3.05) is 0 Å². The van der Waals surface area contributed by atoms with Crippen molar-refractivity contribution in [3.05, 3.63) is 32.6 Å². The number of halogens is 2. The maximum atomic E-state index is 13.1. The summed E-state index contributed by atoms with van der Waals surface area (Å²) >= 11 is 1.75. The van der Waals surface area contributed by atoms with Gasteiger partial charge in [0.25, 0.3) is 0 Å². The average molecular weight is 277 g/mol. The van der Waals surface area contributed by atoms with E-state index >= 15 is 0 Å². The predicted molar refractivity (Wildman–Crippen MR) is 49.8 cm³/mol. The topological polar surface area (TPSA) is 44.0 Å². The zero-order valence-corrected chi connectivity index (χ0v) is 8.17. The molecule has 4 heteroatoms. The van der Waals surface area contributed by atoms with Crippen LogP contribution >= 0.6 is 22.6 Å². The van der Waals surface area contributed by atoms with Crippen LogP contribution in [0.3, 0.4) is 0 Å². The molecule has 0 aliphatic rings. The standard InChI is InChI=1S/C8H5FINO/c9-7-6(4-12)2-1-5(3-11)8(7)10/h1-2,12H,4H2. The van der Waals surface area contributed by atoms with E-state index in [2.05, 4.69) is 0 Å². The van der Waals surface area contributed by atoms with E-state index in [0.29, 0.717) is 5.56 Å². The minimum Gasteiger partial charge on any atom is -0.392 e. The minimum atomic E-state index is -0.503. The SMILES string of the molecule is N#Cc1ccc(CO)c(F)c1I. The summed E-state index contributed by atoms with van der Waals surface area (Å²) in [6, 6.07) is 4.77. The van der Waals surface area contributed by atoms with Gasteiger partial charge in [-0.15, -0.1) is 0 Å². The fraction of sp³-hybridized carbons (Fsp3) is 0.125. The lowest BCUT2D eigenvalue weighted by atomic mass is 10.1. The van der Waals surface area contributed by atoms with Crippen LogP contribution in [-0.4, -0.2) is 5.11 Å². The molecule has 0 heterocycles. The number of rotatable bonds is 1. The number of hydrogen-bond donors (Lipinski definition) is 1. The van der Waals surface area contributed by atoms with Crippen LogP contribution < -0.4 is 0 Å². The van der Waals surface area contributed by atoms with Gasteiger partial charge in [0.05, 0.1) is 15.7 Å². The van der Waals surface area contributed by atoms with Gasteiger partial charge in [0.2, 0.25) is 0 Å². The number of nitrogens with zero attached hydrogens (tertiary/aromatic N) is 1. The molecule has 0 fully saturated rings. The lowest BCUT2D eigenvalue weighted by molar-refractivity contribution is 0.275. The molecule has 1 aromatic rings. The molecule has 0 saturated heterocycles. The lowest BCUT2D eigenvalue weighted by Crippen LogP contribution is -1.95. The Morgan fingerprint density at radius 3 is 2.75 bits per heavy atom. The van der Waals surface area contributed by atoms with Crippen LogP contribution in [0.5, 0.6) is 0 Å². The van der Waals surface area contributed by atoms with E-state index in [9.17, 15) is 4.39 Å². The fourth-order valence-corrected chi connectivity index (χ4v) is 1.44. The second-order valence-electron chi connectivity index (χ2n) is 2.17. The summed E-state index contributed by atoms with van der Waals surface area (Å²) in [5.74, 6) is -0.503. The molecular weight excluding hydrogens is 272 g/mol. The smallest absolute Gasteiger partial charge is 0.143 e. The first-order valence-corrected chi connectivity index (χ1v) is 4.26. The largest absolute Gasteiger partial charge is 0.392 e. The van der Waals surface area contributed by atoms with Crippen molar-refractivity contribution >= 4 is 22.6 Å². The van der Waals surface area contributed by atoms with Gasteiger partial charge in [0.15, 0.2) is 0 Å². The maximum absolute atomic E-state index is 13.1. The van der Waals surface area contributed by atoms with Crippen LogP contribution in [0.2, 0.25) is 0 Å². The van der Waals surface area contributed by atoms with Gasteiger partial charge in [0, 0.05) is 5.56 Å². The van der Waals surface area contributed by atoms with E-state index in [4.69, 9.17) is 10.4 Å². The summed E-state index contributed by atoms with van der Waals surface area (Å²) in [6.45, 7) is -0.340. The second-order valence-corrected chi connectivity index (χ2v) is 3.25. The first kappa shape index (κ1) is 9.42. The zero-order chi connectivity index (χ0) is 9.14. The van der Waals surface area contributed by atoms with Crippen molar-refractivity contribution in [1.82, 2.24) is 0 Å². The minimum absolute atomic E-state index is 0.221. The summed E-state index contributed by atoms with van der Waals surface area (Å²) in [7, 11) is 0. The molecule has 0 bridgehead atoms. The summed E-state index contributed by atoms with van der Waals surface area (Å²) in [5.41, 5.74) is 0.517. The third-order valence-corrected chi connectivity index (χ3v) is 2.51. The highest BCUT2D eigenvalue weighted by molar-refractivity contribution is 14.1. The highest BCUT2D eigenvalue weighted by Crippen LogP contribution is 2.19. The number of aliphatic hydroxyl groups excluding tert-OH is 1. The van der Waals surface area contributed by atoms with Gasteiger partial charge >= 0.3 is 0 Å². The molecule has 1 aromatic carbocycles. The van der Waals surface area contributed by atoms with Crippen molar-refractivity contribution in [3.63, 3.8) is 0 Å². The molecule has 1 rings (SSSR count). The van der Waals surface area contributed by atoms with Crippen molar-refractivity contribution in [1.29, 1.82) is 5.26 Å². The monoisotopic (exact) mass is 277 g/mol. The maximum Gasteiger partial charge on any atom is 0.143 e. The lowest BCUT2D eigenvalue weighted by Gasteiger charge is -2.01. The summed E-state index contributed by atoms with van der Waals surface area (Å²) in [6.07, 6.45) is 0. The van der Waals surface area contributed by atoms with E-state index in [-0.39, 0.29) is 15.7 Å². The molecule has 0 aromatic heterocycles. The highest BCUT2D eigenvalue weighted by atomic mass is 127. The van der Waals surface area contributed by atoms with E-state index < -0.39 is 5.82 Å². The van der Waals surface area contributed by atoms with Crippen LogP contribution in [0.15, 0.2) is 12.1 Å². The Labute approximate surface area is 82.8 Å². The number of hydrogen-bond acceptors (Lipinski definition) is 2. The van der Waals surface area contributed by atoms with Gasteiger partial charge in [0.1, 0.15) is 11.9 Å². The number of benzene rings is 1. The Morgan fingerprint density at radius 1 is 1.58 bits per heavy atom. The molecular formula is C8H5FINO. The molecule has 0 spiro atoms. The molecule has 0 amide bonds. The molecule has 0 radical (unpaired) electrons. The molecule has 62 valence electrons. The first-order valence-electron chi connectivity index (χ1n) is 3.18. The Balaban J connectivity index is 3.32. The van der Waals surface area contributed by atoms with E-state index in [1.54, 1.807) is 22.6 Å². The molecule has 2 nitrogen and oxygen atoms in total. The molecule has 0 aliphatic heterocycles. The van der Waals surface area contributed by atoms with Crippen molar-refractivity contribution < 1.29 is 9.50 Å². The fourth-order valence-electron chi connectivity index (χ4n) is 0.798. The van der Waals surface area contributed by atoms with E-state index in [1.807, 2.05) is 6.07 Å². The van der Waals surface area contributed by atoms with Gasteiger partial charge in [-0.3, -0.25) is 0 Å². The van der Waals surface area contributed by atoms with Gasteiger partial charge < -0.3 is 5.11 Å². The highest BCUT2D eigenvalue weighted by Gasteiger charge is 2.09. The third-order valence-electron chi connectivity index (χ3n) is 1.45. The van der Waals surface area contributed by atoms with Crippen LogP contribution in [0.4, 0.5) is 4.39 Å². The first-order chi connectivity index (χ1) is 5.70. The van der Waals surface area contributed by atoms with Gasteiger partial charge in [-0.2, -0.15) is 5.26 Å². The van der Waals surface area contributed by atoms with Crippen molar-refractivity contribution in [2.24, 2.45) is 0 Å². The predicted octanol–water partition coefficient (Wildman–Crippen LogP) is 1.79. The molecule has 12 heavy (non-hydrogen) atoms. The van der Waals surface area contributed by atoms with Gasteiger partial charge in [-0.25, -0.2) is 4.39 Å². The van der Waals surface area contributed by atoms with Crippen molar-refractivity contribution in [3.8, 4) is 6.07 Å². The summed E-state index contributed by atoms with van der Waals surface area (Å²) in [5, 5.41) is 17.2. The van der Waals surface area contributed by atoms with Crippen LogP contribution in [0, 0.1) is 20.7 Å². The Morgan fingerprint density at radius 2 is 2.25 bits per heavy atom. The zero-order valence-electron chi connectivity index (χ0n) is 6.01.